The summed E-state index contributed by atoms with van der Waals surface area (Å²) >= 11 is 5.90. The Morgan fingerprint density at radius 1 is 1.46 bits per heavy atom. The van der Waals surface area contributed by atoms with Crippen LogP contribution in [0, 0.1) is 18.3 Å². The third-order valence-electron chi connectivity index (χ3n) is 2.03. The highest BCUT2D eigenvalue weighted by atomic mass is 32.1. The fraction of sp³-hybridized carbons (Fsp3) is 0.100. The van der Waals surface area contributed by atoms with Crippen molar-refractivity contribution >= 4 is 34.1 Å². The van der Waals surface area contributed by atoms with E-state index in [0.717, 1.165) is 25.4 Å². The minimum absolute atomic E-state index is 0.788. The molecule has 3 heteroatoms. The Labute approximate surface area is 86.0 Å². The van der Waals surface area contributed by atoms with Gasteiger partial charge in [0, 0.05) is 15.0 Å². The summed E-state index contributed by atoms with van der Waals surface area (Å²) in [6, 6.07) is 8.13. The molecule has 1 aromatic carbocycles. The minimum Gasteiger partial charge on any atom is -0.192 e. The molecule has 64 valence electrons. The Hall–Kier alpha value is -0.980. The van der Waals surface area contributed by atoms with Crippen LogP contribution in [0.3, 0.4) is 0 Å². The van der Waals surface area contributed by atoms with Gasteiger partial charge in [-0.05, 0) is 24.6 Å². The van der Waals surface area contributed by atoms with Crippen LogP contribution in [-0.2, 0) is 0 Å². The molecule has 1 heterocycles. The van der Waals surface area contributed by atoms with Gasteiger partial charge in [0.1, 0.15) is 10.9 Å². The normalized spacial score (nSPS) is 10.2. The predicted octanol–water partition coefficient (Wildman–Crippen LogP) is 3.37. The lowest BCUT2D eigenvalue weighted by atomic mass is 10.1. The van der Waals surface area contributed by atoms with Crippen molar-refractivity contribution in [2.45, 2.75) is 11.8 Å². The van der Waals surface area contributed by atoms with Crippen LogP contribution in [0.15, 0.2) is 23.1 Å². The summed E-state index contributed by atoms with van der Waals surface area (Å²) in [5.74, 6) is 0. The second-order valence-electron chi connectivity index (χ2n) is 2.82. The summed E-state index contributed by atoms with van der Waals surface area (Å²) < 4.78 is 1.14. The number of fused-ring (bicyclic) bond motifs is 1. The molecule has 1 aromatic heterocycles. The zero-order valence-corrected chi connectivity index (χ0v) is 8.75. The van der Waals surface area contributed by atoms with Crippen molar-refractivity contribution in [3.05, 3.63) is 28.6 Å². The van der Waals surface area contributed by atoms with Crippen molar-refractivity contribution < 1.29 is 0 Å². The molecule has 0 bridgehead atoms. The Balaban J connectivity index is 2.95. The first kappa shape index (κ1) is 8.61. The molecule has 2 aromatic rings. The fourth-order valence-electron chi connectivity index (χ4n) is 1.39. The minimum atomic E-state index is 0.788. The van der Waals surface area contributed by atoms with Crippen molar-refractivity contribution in [3.63, 3.8) is 0 Å². The molecule has 13 heavy (non-hydrogen) atoms. The van der Waals surface area contributed by atoms with Gasteiger partial charge in [0.15, 0.2) is 0 Å². The molecular formula is C10H7NS2. The second kappa shape index (κ2) is 3.06. The summed E-state index contributed by atoms with van der Waals surface area (Å²) in [6.45, 7) is 1.97. The average molecular weight is 205 g/mol. The molecule has 2 rings (SSSR count). The number of nitrogens with zero attached hydrogens (tertiary/aromatic N) is 1. The van der Waals surface area contributed by atoms with Gasteiger partial charge in [-0.1, -0.05) is 6.07 Å². The predicted molar refractivity (Wildman–Crippen MR) is 58.5 cm³/mol. The van der Waals surface area contributed by atoms with Crippen molar-refractivity contribution in [1.82, 2.24) is 0 Å². The van der Waals surface area contributed by atoms with Crippen LogP contribution in [0.1, 0.15) is 10.4 Å². The van der Waals surface area contributed by atoms with Gasteiger partial charge >= 0.3 is 0 Å². The highest BCUT2D eigenvalue weighted by Gasteiger charge is 2.09. The van der Waals surface area contributed by atoms with Gasteiger partial charge in [0.05, 0.1) is 0 Å². The largest absolute Gasteiger partial charge is 0.192 e. The van der Waals surface area contributed by atoms with E-state index in [0.29, 0.717) is 0 Å². The maximum atomic E-state index is 8.85. The summed E-state index contributed by atoms with van der Waals surface area (Å²) in [6.07, 6.45) is 0. The van der Waals surface area contributed by atoms with Gasteiger partial charge in [-0.2, -0.15) is 5.26 Å². The van der Waals surface area contributed by atoms with Crippen molar-refractivity contribution in [2.75, 3.05) is 0 Å². The van der Waals surface area contributed by atoms with Crippen LogP contribution in [0.2, 0.25) is 0 Å². The molecule has 0 atom stereocenters. The number of rotatable bonds is 0. The van der Waals surface area contributed by atoms with Crippen molar-refractivity contribution in [2.24, 2.45) is 0 Å². The van der Waals surface area contributed by atoms with Crippen LogP contribution in [0.5, 0.6) is 0 Å². The molecule has 0 unspecified atom stereocenters. The summed E-state index contributed by atoms with van der Waals surface area (Å²) in [4.78, 5) is 1.74. The van der Waals surface area contributed by atoms with Gasteiger partial charge in [-0.25, -0.2) is 0 Å². The van der Waals surface area contributed by atoms with Crippen LogP contribution >= 0.6 is 24.0 Å². The quantitative estimate of drug-likeness (QED) is 0.655. The molecule has 0 aliphatic rings. The Kier molecular flexibility index (Phi) is 2.03. The van der Waals surface area contributed by atoms with E-state index in [9.17, 15) is 0 Å². The maximum Gasteiger partial charge on any atom is 0.110 e. The molecule has 0 fully saturated rings. The first-order valence-electron chi connectivity index (χ1n) is 3.85. The van der Waals surface area contributed by atoms with E-state index in [4.69, 9.17) is 5.26 Å². The van der Waals surface area contributed by atoms with Gasteiger partial charge in [-0.15, -0.1) is 24.0 Å². The molecule has 0 aliphatic carbocycles. The van der Waals surface area contributed by atoms with Crippen LogP contribution < -0.4 is 0 Å². The topological polar surface area (TPSA) is 23.8 Å². The van der Waals surface area contributed by atoms with Gasteiger partial charge < -0.3 is 0 Å². The Morgan fingerprint density at radius 3 is 2.85 bits per heavy atom. The van der Waals surface area contributed by atoms with E-state index in [1.807, 2.05) is 25.1 Å². The molecule has 0 N–H and O–H groups in total. The summed E-state index contributed by atoms with van der Waals surface area (Å²) in [5, 5.41) is 9.96. The molecule has 0 aliphatic heterocycles. The fourth-order valence-corrected chi connectivity index (χ4v) is 2.87. The number of nitriles is 1. The molecule has 0 spiro atoms. The summed E-state index contributed by atoms with van der Waals surface area (Å²) in [5.41, 5.74) is 1.05. The third kappa shape index (κ3) is 1.23. The smallest absolute Gasteiger partial charge is 0.110 e. The first-order valence-corrected chi connectivity index (χ1v) is 5.11. The monoisotopic (exact) mass is 205 g/mol. The standard InChI is InChI=1S/C10H7NS2/c1-6-9(5-11)13-8-4-2-3-7(12)10(6)8/h2-4,12H,1H3. The van der Waals surface area contributed by atoms with Gasteiger partial charge in [0.25, 0.3) is 0 Å². The SMILES string of the molecule is Cc1c(C#N)sc2cccc(S)c12. The molecule has 0 saturated heterocycles. The number of hydrogen-bond acceptors (Lipinski definition) is 3. The number of thiophene rings is 1. The zero-order chi connectivity index (χ0) is 9.42. The lowest BCUT2D eigenvalue weighted by Crippen LogP contribution is -1.73. The van der Waals surface area contributed by atoms with Crippen molar-refractivity contribution in [1.29, 1.82) is 5.26 Å². The molecule has 0 radical (unpaired) electrons. The highest BCUT2D eigenvalue weighted by Crippen LogP contribution is 2.33. The van der Waals surface area contributed by atoms with E-state index in [-0.39, 0.29) is 0 Å². The lowest BCUT2D eigenvalue weighted by Gasteiger charge is -1.94. The number of hydrogen-bond donors (Lipinski definition) is 1. The number of thiol groups is 1. The van der Waals surface area contributed by atoms with E-state index >= 15 is 0 Å². The molecular weight excluding hydrogens is 198 g/mol. The maximum absolute atomic E-state index is 8.85. The summed E-state index contributed by atoms with van der Waals surface area (Å²) in [7, 11) is 0. The van der Waals surface area contributed by atoms with Crippen LogP contribution in [0.4, 0.5) is 0 Å². The second-order valence-corrected chi connectivity index (χ2v) is 4.35. The van der Waals surface area contributed by atoms with Crippen LogP contribution in [-0.4, -0.2) is 0 Å². The zero-order valence-electron chi connectivity index (χ0n) is 7.03. The number of benzene rings is 1. The van der Waals surface area contributed by atoms with E-state index in [2.05, 4.69) is 18.7 Å². The van der Waals surface area contributed by atoms with E-state index in [1.54, 1.807) is 0 Å². The molecule has 0 saturated carbocycles. The third-order valence-corrected chi connectivity index (χ3v) is 3.57. The van der Waals surface area contributed by atoms with Gasteiger partial charge in [-0.3, -0.25) is 0 Å². The molecule has 0 amide bonds. The lowest BCUT2D eigenvalue weighted by molar-refractivity contribution is 1.46. The molecule has 1 nitrogen and oxygen atoms in total. The average Bonchev–Trinajstić information content (AvgIpc) is 2.44. The Bertz CT molecular complexity index is 505. The Morgan fingerprint density at radius 2 is 2.23 bits per heavy atom. The highest BCUT2D eigenvalue weighted by molar-refractivity contribution is 7.80. The van der Waals surface area contributed by atoms with E-state index in [1.165, 1.54) is 11.3 Å². The van der Waals surface area contributed by atoms with Crippen LogP contribution in [0.25, 0.3) is 10.1 Å². The first-order chi connectivity index (χ1) is 6.24. The van der Waals surface area contributed by atoms with Gasteiger partial charge in [0.2, 0.25) is 0 Å². The van der Waals surface area contributed by atoms with Crippen molar-refractivity contribution in [3.8, 4) is 6.07 Å². The van der Waals surface area contributed by atoms with E-state index < -0.39 is 0 Å². The number of aryl methyl sites for hydroxylation is 1.